The van der Waals surface area contributed by atoms with Gasteiger partial charge in [0, 0.05) is 18.4 Å². The zero-order chi connectivity index (χ0) is 15.2. The number of unbranched alkanes of at least 4 members (excludes halogenated alkanes) is 1. The highest BCUT2D eigenvalue weighted by Crippen LogP contribution is 2.19. The van der Waals surface area contributed by atoms with Crippen molar-refractivity contribution in [2.24, 2.45) is 0 Å². The summed E-state index contributed by atoms with van der Waals surface area (Å²) in [6.45, 7) is 2.45. The van der Waals surface area contributed by atoms with Crippen molar-refractivity contribution in [1.29, 1.82) is 0 Å². The van der Waals surface area contributed by atoms with Crippen LogP contribution in [-0.4, -0.2) is 17.4 Å². The van der Waals surface area contributed by atoms with Crippen LogP contribution >= 0.6 is 0 Å². The first-order valence-electron chi connectivity index (χ1n) is 6.82. The number of rotatable bonds is 5. The first-order chi connectivity index (χ1) is 10.1. The third kappa shape index (κ3) is 3.42. The van der Waals surface area contributed by atoms with Gasteiger partial charge in [-0.3, -0.25) is 4.79 Å². The Morgan fingerprint density at radius 3 is 2.57 bits per heavy atom. The minimum Gasteiger partial charge on any atom is -0.308 e. The van der Waals surface area contributed by atoms with Crippen molar-refractivity contribution >= 4 is 11.6 Å². The van der Waals surface area contributed by atoms with Crippen molar-refractivity contribution in [3.8, 4) is 0 Å². The Hall–Kier alpha value is -2.30. The lowest BCUT2D eigenvalue weighted by Crippen LogP contribution is -2.32. The van der Waals surface area contributed by atoms with E-state index in [1.165, 1.54) is 11.0 Å². The van der Waals surface area contributed by atoms with Crippen LogP contribution in [0.1, 0.15) is 30.1 Å². The van der Waals surface area contributed by atoms with Gasteiger partial charge in [0.1, 0.15) is 0 Å². The van der Waals surface area contributed by atoms with Crippen molar-refractivity contribution in [3.63, 3.8) is 0 Å². The Morgan fingerprint density at radius 1 is 1.19 bits per heavy atom. The quantitative estimate of drug-likeness (QED) is 0.785. The fourth-order valence-corrected chi connectivity index (χ4v) is 2.00. The summed E-state index contributed by atoms with van der Waals surface area (Å²) in [6.07, 6.45) is 2.76. The molecule has 0 radical (unpaired) electrons. The van der Waals surface area contributed by atoms with E-state index in [1.807, 2.05) is 13.0 Å². The maximum absolute atomic E-state index is 13.8. The summed E-state index contributed by atoms with van der Waals surface area (Å²) < 4.78 is 27.0. The Morgan fingerprint density at radius 2 is 1.90 bits per heavy atom. The van der Waals surface area contributed by atoms with Gasteiger partial charge in [0.25, 0.3) is 5.91 Å². The molecule has 0 bridgehead atoms. The number of benzene rings is 1. The van der Waals surface area contributed by atoms with Gasteiger partial charge in [0.15, 0.2) is 5.82 Å². The second-order valence-electron chi connectivity index (χ2n) is 4.61. The minimum absolute atomic E-state index is 0.303. The third-order valence-corrected chi connectivity index (χ3v) is 3.13. The van der Waals surface area contributed by atoms with Gasteiger partial charge in [-0.2, -0.15) is 4.39 Å². The molecule has 0 fully saturated rings. The molecule has 1 amide bonds. The molecule has 0 spiro atoms. The zero-order valence-electron chi connectivity index (χ0n) is 11.7. The largest absolute Gasteiger partial charge is 0.308 e. The van der Waals surface area contributed by atoms with Crippen LogP contribution in [0.25, 0.3) is 0 Å². The number of halogens is 2. The molecule has 0 atom stereocenters. The number of hydrogen-bond acceptors (Lipinski definition) is 2. The van der Waals surface area contributed by atoms with Crippen LogP contribution in [0.15, 0.2) is 42.6 Å². The minimum atomic E-state index is -1.26. The molecule has 1 aromatic heterocycles. The average Bonchev–Trinajstić information content (AvgIpc) is 2.51. The van der Waals surface area contributed by atoms with Gasteiger partial charge in [0.05, 0.1) is 5.56 Å². The Balaban J connectivity index is 2.36. The molecule has 110 valence electrons. The lowest BCUT2D eigenvalue weighted by atomic mass is 10.2. The second kappa shape index (κ2) is 6.92. The summed E-state index contributed by atoms with van der Waals surface area (Å²) in [5.41, 5.74) is 0.357. The van der Waals surface area contributed by atoms with Crippen LogP contribution in [0.5, 0.6) is 0 Å². The molecule has 0 aliphatic heterocycles. The summed E-state index contributed by atoms with van der Waals surface area (Å²) in [4.78, 5) is 17.2. The number of para-hydroxylation sites is 1. The second-order valence-corrected chi connectivity index (χ2v) is 4.61. The van der Waals surface area contributed by atoms with E-state index in [0.717, 1.165) is 19.0 Å². The molecule has 3 nitrogen and oxygen atoms in total. The molecule has 1 aromatic carbocycles. The normalized spacial score (nSPS) is 10.4. The molecular formula is C16H16F2N2O. The molecule has 0 aliphatic rings. The van der Waals surface area contributed by atoms with Crippen LogP contribution in [0, 0.1) is 11.8 Å². The smallest absolute Gasteiger partial charge is 0.261 e. The van der Waals surface area contributed by atoms with E-state index < -0.39 is 17.7 Å². The number of hydrogen-bond donors (Lipinski definition) is 0. The monoisotopic (exact) mass is 290 g/mol. The first kappa shape index (κ1) is 15.1. The predicted octanol–water partition coefficient (Wildman–Crippen LogP) is 3.81. The third-order valence-electron chi connectivity index (χ3n) is 3.13. The topological polar surface area (TPSA) is 33.2 Å². The molecule has 0 N–H and O–H groups in total. The van der Waals surface area contributed by atoms with Crippen LogP contribution in [0.4, 0.5) is 14.5 Å². The molecule has 21 heavy (non-hydrogen) atoms. The number of carbonyl (C=O) groups is 1. The van der Waals surface area contributed by atoms with Crippen molar-refractivity contribution in [3.05, 3.63) is 59.9 Å². The summed E-state index contributed by atoms with van der Waals surface area (Å²) >= 11 is 0. The summed E-state index contributed by atoms with van der Waals surface area (Å²) in [6, 6.07) is 10.2. The molecule has 0 unspecified atom stereocenters. The summed E-state index contributed by atoms with van der Waals surface area (Å²) in [5, 5.41) is 0. The van der Waals surface area contributed by atoms with E-state index >= 15 is 0 Å². The Kier molecular flexibility index (Phi) is 4.98. The maximum Gasteiger partial charge on any atom is 0.261 e. The highest BCUT2D eigenvalue weighted by atomic mass is 19.2. The fraction of sp³-hybridized carbons (Fsp3) is 0.250. The predicted molar refractivity (Wildman–Crippen MR) is 77.2 cm³/mol. The Labute approximate surface area is 122 Å². The summed E-state index contributed by atoms with van der Waals surface area (Å²) in [7, 11) is 0. The highest BCUT2D eigenvalue weighted by molar-refractivity contribution is 6.06. The fourth-order valence-electron chi connectivity index (χ4n) is 2.00. The SMILES string of the molecule is CCCCN(C(=O)c1ccnc(F)c1F)c1ccccc1. The van der Waals surface area contributed by atoms with E-state index in [2.05, 4.69) is 4.98 Å². The van der Waals surface area contributed by atoms with E-state index in [0.29, 0.717) is 12.2 Å². The number of amides is 1. The van der Waals surface area contributed by atoms with E-state index in [9.17, 15) is 13.6 Å². The zero-order valence-corrected chi connectivity index (χ0v) is 11.7. The van der Waals surface area contributed by atoms with Crippen LogP contribution < -0.4 is 4.90 Å². The Bertz CT molecular complexity index is 617. The van der Waals surface area contributed by atoms with E-state index in [1.54, 1.807) is 24.3 Å². The maximum atomic E-state index is 13.8. The van der Waals surface area contributed by atoms with Gasteiger partial charge in [-0.25, -0.2) is 9.37 Å². The van der Waals surface area contributed by atoms with Gasteiger partial charge in [0.2, 0.25) is 5.95 Å². The van der Waals surface area contributed by atoms with Gasteiger partial charge in [-0.15, -0.1) is 0 Å². The molecule has 0 saturated carbocycles. The van der Waals surface area contributed by atoms with Crippen LogP contribution in [-0.2, 0) is 0 Å². The van der Waals surface area contributed by atoms with Gasteiger partial charge in [-0.1, -0.05) is 31.5 Å². The van der Waals surface area contributed by atoms with Gasteiger partial charge >= 0.3 is 0 Å². The number of aromatic nitrogens is 1. The van der Waals surface area contributed by atoms with Gasteiger partial charge in [-0.05, 0) is 24.6 Å². The molecule has 0 saturated heterocycles. The van der Waals surface area contributed by atoms with Crippen molar-refractivity contribution in [2.45, 2.75) is 19.8 Å². The number of pyridine rings is 1. The lowest BCUT2D eigenvalue weighted by molar-refractivity contribution is 0.0981. The average molecular weight is 290 g/mol. The van der Waals surface area contributed by atoms with Crippen molar-refractivity contribution in [2.75, 3.05) is 11.4 Å². The highest BCUT2D eigenvalue weighted by Gasteiger charge is 2.22. The molecule has 5 heteroatoms. The molecule has 1 heterocycles. The van der Waals surface area contributed by atoms with Crippen LogP contribution in [0.2, 0.25) is 0 Å². The first-order valence-corrected chi connectivity index (χ1v) is 6.82. The molecule has 0 aliphatic carbocycles. The van der Waals surface area contributed by atoms with Crippen molar-refractivity contribution in [1.82, 2.24) is 4.98 Å². The molecule has 2 rings (SSSR count). The summed E-state index contributed by atoms with van der Waals surface area (Å²) in [5.74, 6) is -3.03. The van der Waals surface area contributed by atoms with Crippen LogP contribution in [0.3, 0.4) is 0 Å². The number of nitrogens with zero attached hydrogens (tertiary/aromatic N) is 2. The van der Waals surface area contributed by atoms with E-state index in [-0.39, 0.29) is 5.56 Å². The molecular weight excluding hydrogens is 274 g/mol. The standard InChI is InChI=1S/C16H16F2N2O/c1-2-3-11-20(12-7-5-4-6-8-12)16(21)13-9-10-19-15(18)14(13)17/h4-10H,2-3,11H2,1H3. The van der Waals surface area contributed by atoms with E-state index in [4.69, 9.17) is 0 Å². The number of anilines is 1. The van der Waals surface area contributed by atoms with Gasteiger partial charge < -0.3 is 4.90 Å². The van der Waals surface area contributed by atoms with Crippen molar-refractivity contribution < 1.29 is 13.6 Å². The molecule has 2 aromatic rings. The number of carbonyl (C=O) groups excluding carboxylic acids is 1. The lowest BCUT2D eigenvalue weighted by Gasteiger charge is -2.23.